The van der Waals surface area contributed by atoms with E-state index in [-0.39, 0.29) is 34.8 Å². The third-order valence-electron chi connectivity index (χ3n) is 4.33. The van der Waals surface area contributed by atoms with Gasteiger partial charge in [0.15, 0.2) is 5.58 Å². The fraction of sp³-hybridized carbons (Fsp3) is 0.222. The summed E-state index contributed by atoms with van der Waals surface area (Å²) in [4.78, 5) is 17.2. The second-order valence-corrected chi connectivity index (χ2v) is 6.10. The molecule has 4 rings (SSSR count). The summed E-state index contributed by atoms with van der Waals surface area (Å²) in [5.41, 5.74) is -0.00824. The zero-order chi connectivity index (χ0) is 18.6. The Balaban J connectivity index is 1.78. The van der Waals surface area contributed by atoms with Crippen molar-refractivity contribution in [2.45, 2.75) is 25.5 Å². The van der Waals surface area contributed by atoms with Gasteiger partial charge in [-0.2, -0.15) is 8.78 Å². The van der Waals surface area contributed by atoms with Crippen molar-refractivity contribution in [2.24, 2.45) is 0 Å². The Labute approximate surface area is 145 Å². The maximum atomic E-state index is 14.6. The number of aliphatic hydroxyl groups excluding tert-OH is 1. The van der Waals surface area contributed by atoms with Gasteiger partial charge in [0.25, 0.3) is 0 Å². The van der Waals surface area contributed by atoms with Gasteiger partial charge in [-0.1, -0.05) is 12.1 Å². The van der Waals surface area contributed by atoms with Crippen molar-refractivity contribution >= 4 is 22.7 Å². The van der Waals surface area contributed by atoms with E-state index in [1.54, 1.807) is 0 Å². The van der Waals surface area contributed by atoms with Gasteiger partial charge in [0.1, 0.15) is 17.9 Å². The summed E-state index contributed by atoms with van der Waals surface area (Å²) in [6.45, 7) is 1.02. The molecule has 1 aromatic heterocycles. The van der Waals surface area contributed by atoms with Crippen LogP contribution in [0, 0.1) is 5.82 Å². The molecule has 3 aromatic rings. The van der Waals surface area contributed by atoms with Crippen molar-refractivity contribution in [3.8, 4) is 0 Å². The molecule has 2 heterocycles. The number of rotatable bonds is 3. The highest BCUT2D eigenvalue weighted by Gasteiger charge is 2.54. The van der Waals surface area contributed by atoms with Gasteiger partial charge in [-0.25, -0.2) is 9.37 Å². The molecule has 2 aromatic carbocycles. The number of hydrogen-bond acceptors (Lipinski definition) is 4. The van der Waals surface area contributed by atoms with Gasteiger partial charge in [-0.15, -0.1) is 0 Å². The molecule has 0 aliphatic carbocycles. The zero-order valence-electron chi connectivity index (χ0n) is 13.5. The van der Waals surface area contributed by atoms with E-state index in [9.17, 15) is 23.1 Å². The number of nitrogens with zero attached hydrogens (tertiary/aromatic N) is 2. The maximum Gasteiger partial charge on any atom is 0.352 e. The van der Waals surface area contributed by atoms with E-state index in [2.05, 4.69) is 4.98 Å². The third kappa shape index (κ3) is 2.37. The topological polar surface area (TPSA) is 66.6 Å². The Morgan fingerprint density at radius 2 is 2.08 bits per heavy atom. The van der Waals surface area contributed by atoms with Crippen LogP contribution in [0.2, 0.25) is 0 Å². The van der Waals surface area contributed by atoms with Gasteiger partial charge in [0, 0.05) is 6.07 Å². The number of alkyl halides is 2. The normalized spacial score (nSPS) is 17.0. The molecule has 0 saturated carbocycles. The molecule has 1 amide bonds. The van der Waals surface area contributed by atoms with Crippen LogP contribution in [0.15, 0.2) is 40.8 Å². The van der Waals surface area contributed by atoms with Crippen molar-refractivity contribution < 1.29 is 27.5 Å². The number of benzene rings is 2. The lowest BCUT2D eigenvalue weighted by Gasteiger charge is -2.15. The van der Waals surface area contributed by atoms with Crippen molar-refractivity contribution in [3.63, 3.8) is 0 Å². The Morgan fingerprint density at radius 1 is 1.31 bits per heavy atom. The van der Waals surface area contributed by atoms with E-state index < -0.39 is 29.3 Å². The van der Waals surface area contributed by atoms with Crippen LogP contribution in [0.5, 0.6) is 0 Å². The maximum absolute atomic E-state index is 14.6. The second kappa shape index (κ2) is 5.57. The Kier molecular flexibility index (Phi) is 3.55. The first-order chi connectivity index (χ1) is 12.3. The summed E-state index contributed by atoms with van der Waals surface area (Å²) in [6, 6.07) is 7.95. The molecular formula is C18H13F3N2O3. The number of aliphatic hydroxyl groups is 1. The molecule has 0 fully saturated rings. The number of hydrogen-bond donors (Lipinski definition) is 1. The minimum absolute atomic E-state index is 0.00468. The quantitative estimate of drug-likeness (QED) is 0.772. The van der Waals surface area contributed by atoms with Gasteiger partial charge in [0.2, 0.25) is 5.89 Å². The molecule has 1 atom stereocenters. The largest absolute Gasteiger partial charge is 0.439 e. The molecule has 26 heavy (non-hydrogen) atoms. The van der Waals surface area contributed by atoms with Crippen LogP contribution in [0.4, 0.5) is 18.9 Å². The molecular weight excluding hydrogens is 349 g/mol. The van der Waals surface area contributed by atoms with Crippen LogP contribution >= 0.6 is 0 Å². The summed E-state index contributed by atoms with van der Waals surface area (Å²) in [7, 11) is 0. The predicted molar refractivity (Wildman–Crippen MR) is 86.1 cm³/mol. The standard InChI is InChI=1S/C18H13F3N2O3/c1-9(24)11-3-2-4-13-16(11)18(20,21)17(25)23(13)8-15-22-12-7-10(19)5-6-14(12)26-15/h2-7,9,24H,8H2,1H3/t9-/m0/s1. The number of amides is 1. The van der Waals surface area contributed by atoms with Crippen molar-refractivity contribution in [1.82, 2.24) is 4.98 Å². The molecule has 0 radical (unpaired) electrons. The number of carbonyl (C=O) groups excluding carboxylic acids is 1. The van der Waals surface area contributed by atoms with Crippen LogP contribution < -0.4 is 4.90 Å². The zero-order valence-corrected chi connectivity index (χ0v) is 13.5. The average molecular weight is 362 g/mol. The molecule has 8 heteroatoms. The molecule has 0 spiro atoms. The van der Waals surface area contributed by atoms with Gasteiger partial charge in [0.05, 0.1) is 17.4 Å². The summed E-state index contributed by atoms with van der Waals surface area (Å²) < 4.78 is 47.8. The van der Waals surface area contributed by atoms with Crippen molar-refractivity contribution in [1.29, 1.82) is 0 Å². The van der Waals surface area contributed by atoms with Crippen LogP contribution in [-0.2, 0) is 17.3 Å². The average Bonchev–Trinajstić information content (AvgIpc) is 3.07. The van der Waals surface area contributed by atoms with E-state index in [1.165, 1.54) is 37.3 Å². The summed E-state index contributed by atoms with van der Waals surface area (Å²) in [6.07, 6.45) is -1.16. The SMILES string of the molecule is C[C@H](O)c1cccc2c1C(F)(F)C(=O)N2Cc1nc2cc(F)ccc2o1. The van der Waals surface area contributed by atoms with Crippen molar-refractivity contribution in [2.75, 3.05) is 4.90 Å². The fourth-order valence-corrected chi connectivity index (χ4v) is 3.17. The van der Waals surface area contributed by atoms with E-state index in [0.29, 0.717) is 0 Å². The first-order valence-corrected chi connectivity index (χ1v) is 7.85. The highest BCUT2D eigenvalue weighted by atomic mass is 19.3. The van der Waals surface area contributed by atoms with Gasteiger partial charge in [-0.3, -0.25) is 9.69 Å². The first kappa shape index (κ1) is 16.6. The molecule has 0 saturated heterocycles. The molecule has 0 unspecified atom stereocenters. The number of aromatic nitrogens is 1. The van der Waals surface area contributed by atoms with Crippen LogP contribution in [0.25, 0.3) is 11.1 Å². The summed E-state index contributed by atoms with van der Waals surface area (Å²) >= 11 is 0. The second-order valence-electron chi connectivity index (χ2n) is 6.10. The minimum Gasteiger partial charge on any atom is -0.439 e. The summed E-state index contributed by atoms with van der Waals surface area (Å²) in [5, 5.41) is 9.77. The number of anilines is 1. The summed E-state index contributed by atoms with van der Waals surface area (Å²) in [5.74, 6) is -5.69. The number of fused-ring (bicyclic) bond motifs is 2. The lowest BCUT2D eigenvalue weighted by molar-refractivity contribution is -0.142. The number of carbonyl (C=O) groups is 1. The van der Waals surface area contributed by atoms with Gasteiger partial charge < -0.3 is 9.52 Å². The van der Waals surface area contributed by atoms with Gasteiger partial charge in [-0.05, 0) is 30.7 Å². The van der Waals surface area contributed by atoms with E-state index >= 15 is 0 Å². The molecule has 5 nitrogen and oxygen atoms in total. The van der Waals surface area contributed by atoms with Gasteiger partial charge >= 0.3 is 11.8 Å². The van der Waals surface area contributed by atoms with E-state index in [4.69, 9.17) is 4.42 Å². The molecule has 0 bridgehead atoms. The third-order valence-corrected chi connectivity index (χ3v) is 4.33. The fourth-order valence-electron chi connectivity index (χ4n) is 3.17. The predicted octanol–water partition coefficient (Wildman–Crippen LogP) is 3.66. The Hall–Kier alpha value is -2.87. The van der Waals surface area contributed by atoms with E-state index in [0.717, 1.165) is 11.0 Å². The lowest BCUT2D eigenvalue weighted by atomic mass is 9.99. The Bertz CT molecular complexity index is 1030. The first-order valence-electron chi connectivity index (χ1n) is 7.85. The van der Waals surface area contributed by atoms with Crippen LogP contribution in [0.1, 0.15) is 30.0 Å². The van der Waals surface area contributed by atoms with Crippen molar-refractivity contribution in [3.05, 3.63) is 59.2 Å². The molecule has 1 aliphatic heterocycles. The van der Waals surface area contributed by atoms with Crippen LogP contribution in [-0.4, -0.2) is 16.0 Å². The number of halogens is 3. The minimum atomic E-state index is -3.76. The lowest BCUT2D eigenvalue weighted by Crippen LogP contribution is -2.34. The van der Waals surface area contributed by atoms with Crippen LogP contribution in [0.3, 0.4) is 0 Å². The molecule has 1 aliphatic rings. The monoisotopic (exact) mass is 362 g/mol. The highest BCUT2D eigenvalue weighted by Crippen LogP contribution is 2.47. The van der Waals surface area contributed by atoms with E-state index in [1.807, 2.05) is 0 Å². The number of oxazole rings is 1. The molecule has 1 N–H and O–H groups in total. The molecule has 134 valence electrons. The Morgan fingerprint density at radius 3 is 2.81 bits per heavy atom. The highest BCUT2D eigenvalue weighted by molar-refractivity contribution is 6.06. The smallest absolute Gasteiger partial charge is 0.352 e.